The lowest BCUT2D eigenvalue weighted by Gasteiger charge is -2.23. The van der Waals surface area contributed by atoms with Crippen molar-refractivity contribution in [3.63, 3.8) is 0 Å². The number of hydrogen-bond acceptors (Lipinski definition) is 8. The first-order valence-electron chi connectivity index (χ1n) is 11.6. The number of nitrogens with zero attached hydrogens (tertiary/aromatic N) is 1. The molecule has 1 fully saturated rings. The number of nitrogens with one attached hydrogen (secondary N) is 2. The molecule has 1 amide bonds. The van der Waals surface area contributed by atoms with Crippen molar-refractivity contribution in [2.24, 2.45) is 0 Å². The molecule has 1 aliphatic heterocycles. The summed E-state index contributed by atoms with van der Waals surface area (Å²) >= 11 is 4.43. The zero-order valence-corrected chi connectivity index (χ0v) is 21.8. The molecule has 11 heteroatoms. The molecular weight excluding hydrogens is 514 g/mol. The fourth-order valence-electron chi connectivity index (χ4n) is 4.16. The number of ketones is 1. The van der Waals surface area contributed by atoms with Gasteiger partial charge < -0.3 is 15.4 Å². The molecule has 37 heavy (non-hydrogen) atoms. The number of benzene rings is 3. The molecule has 0 aromatic heterocycles. The van der Waals surface area contributed by atoms with Crippen LogP contribution in [0.3, 0.4) is 0 Å². The van der Waals surface area contributed by atoms with Gasteiger partial charge in [0.2, 0.25) is 15.9 Å². The van der Waals surface area contributed by atoms with Gasteiger partial charge in [0.05, 0.1) is 30.7 Å². The predicted octanol–water partition coefficient (Wildman–Crippen LogP) is 2.49. The Morgan fingerprint density at radius 2 is 1.70 bits per heavy atom. The summed E-state index contributed by atoms with van der Waals surface area (Å²) in [6.07, 6.45) is 0.237. The predicted molar refractivity (Wildman–Crippen MR) is 143 cm³/mol. The third kappa shape index (κ3) is 6.12. The van der Waals surface area contributed by atoms with Gasteiger partial charge in [0.1, 0.15) is 6.04 Å². The molecule has 194 valence electrons. The maximum absolute atomic E-state index is 13.4. The standard InChI is InChI=1S/C26H27N3O6S2/c1-35-26(32)18-6-9-20(10-7-18)27-14-21(30)15-28-25(31)24-13-22(36)16-29(24)37(33,34)23-11-8-17-4-2-3-5-19(17)12-23/h2-12,22,24,27,36H,13-16H2,1H3,(H,28,31). The molecule has 4 rings (SSSR count). The summed E-state index contributed by atoms with van der Waals surface area (Å²) in [5.74, 6) is -1.30. The van der Waals surface area contributed by atoms with Crippen molar-refractivity contribution in [2.75, 3.05) is 32.1 Å². The molecule has 3 aromatic carbocycles. The topological polar surface area (TPSA) is 122 Å². The Morgan fingerprint density at radius 1 is 1.00 bits per heavy atom. The Balaban J connectivity index is 1.36. The molecule has 0 spiro atoms. The summed E-state index contributed by atoms with van der Waals surface area (Å²) in [5.41, 5.74) is 1.00. The first-order chi connectivity index (χ1) is 17.7. The van der Waals surface area contributed by atoms with Gasteiger partial charge in [0.25, 0.3) is 0 Å². The van der Waals surface area contributed by atoms with Crippen LogP contribution in [-0.4, -0.2) is 68.4 Å². The van der Waals surface area contributed by atoms with Gasteiger partial charge in [-0.2, -0.15) is 16.9 Å². The normalized spacial score (nSPS) is 17.9. The maximum atomic E-state index is 13.4. The van der Waals surface area contributed by atoms with E-state index in [1.807, 2.05) is 24.3 Å². The van der Waals surface area contributed by atoms with Crippen LogP contribution in [0.15, 0.2) is 71.6 Å². The van der Waals surface area contributed by atoms with E-state index in [0.717, 1.165) is 15.1 Å². The average Bonchev–Trinajstić information content (AvgIpc) is 3.32. The molecule has 0 bridgehead atoms. The summed E-state index contributed by atoms with van der Waals surface area (Å²) in [6, 6.07) is 17.7. The molecule has 0 radical (unpaired) electrons. The molecule has 9 nitrogen and oxygen atoms in total. The summed E-state index contributed by atoms with van der Waals surface area (Å²) in [4.78, 5) is 36.9. The number of carbonyl (C=O) groups is 3. The van der Waals surface area contributed by atoms with Crippen LogP contribution in [0.25, 0.3) is 10.8 Å². The second-order valence-corrected chi connectivity index (χ2v) is 11.3. The van der Waals surface area contributed by atoms with E-state index in [2.05, 4.69) is 28.0 Å². The van der Waals surface area contributed by atoms with Crippen LogP contribution in [0.2, 0.25) is 0 Å². The van der Waals surface area contributed by atoms with Crippen LogP contribution >= 0.6 is 12.6 Å². The Labute approximate surface area is 220 Å². The minimum atomic E-state index is -3.96. The molecule has 0 saturated carbocycles. The Morgan fingerprint density at radius 3 is 2.41 bits per heavy atom. The number of ether oxygens (including phenoxy) is 1. The van der Waals surface area contributed by atoms with Crippen LogP contribution < -0.4 is 10.6 Å². The zero-order valence-electron chi connectivity index (χ0n) is 20.1. The summed E-state index contributed by atoms with van der Waals surface area (Å²) in [6.45, 7) is -0.228. The highest BCUT2D eigenvalue weighted by Gasteiger charge is 2.43. The van der Waals surface area contributed by atoms with Crippen molar-refractivity contribution >= 4 is 56.8 Å². The van der Waals surface area contributed by atoms with Crippen LogP contribution in [0.5, 0.6) is 0 Å². The molecule has 1 aliphatic rings. The van der Waals surface area contributed by atoms with Gasteiger partial charge >= 0.3 is 5.97 Å². The van der Waals surface area contributed by atoms with Gasteiger partial charge in [-0.05, 0) is 53.6 Å². The maximum Gasteiger partial charge on any atom is 0.337 e. The van der Waals surface area contributed by atoms with E-state index < -0.39 is 27.9 Å². The van der Waals surface area contributed by atoms with Gasteiger partial charge in [0.15, 0.2) is 5.78 Å². The van der Waals surface area contributed by atoms with E-state index in [4.69, 9.17) is 0 Å². The highest BCUT2D eigenvalue weighted by Crippen LogP contribution is 2.30. The summed E-state index contributed by atoms with van der Waals surface area (Å²) in [5, 5.41) is 6.88. The lowest BCUT2D eigenvalue weighted by atomic mass is 10.1. The number of methoxy groups -OCH3 is 1. The number of carbonyl (C=O) groups excluding carboxylic acids is 3. The molecule has 3 aromatic rings. The molecule has 1 saturated heterocycles. The largest absolute Gasteiger partial charge is 0.465 e. The van der Waals surface area contributed by atoms with Gasteiger partial charge in [0, 0.05) is 17.5 Å². The third-order valence-electron chi connectivity index (χ3n) is 6.12. The highest BCUT2D eigenvalue weighted by atomic mass is 32.2. The number of sulfonamides is 1. The number of esters is 1. The lowest BCUT2D eigenvalue weighted by Crippen LogP contribution is -2.47. The molecule has 2 N–H and O–H groups in total. The smallest absolute Gasteiger partial charge is 0.337 e. The van der Waals surface area contributed by atoms with E-state index in [1.54, 1.807) is 36.4 Å². The quantitative estimate of drug-likeness (QED) is 0.281. The Kier molecular flexibility index (Phi) is 8.16. The van der Waals surface area contributed by atoms with Gasteiger partial charge in [-0.25, -0.2) is 13.2 Å². The monoisotopic (exact) mass is 541 g/mol. The first-order valence-corrected chi connectivity index (χ1v) is 13.5. The number of Topliss-reactive ketones (excluding diaryl/α,β-unsaturated/α-hetero) is 1. The minimum Gasteiger partial charge on any atom is -0.465 e. The minimum absolute atomic E-state index is 0.0587. The number of thiol groups is 1. The molecule has 2 unspecified atom stereocenters. The van der Waals surface area contributed by atoms with Crippen molar-refractivity contribution in [1.82, 2.24) is 9.62 Å². The Hall–Kier alpha value is -3.41. The van der Waals surface area contributed by atoms with Crippen molar-refractivity contribution in [2.45, 2.75) is 22.6 Å². The van der Waals surface area contributed by atoms with Crippen molar-refractivity contribution in [3.05, 3.63) is 72.3 Å². The number of hydrogen-bond donors (Lipinski definition) is 3. The molecule has 2 atom stereocenters. The number of anilines is 1. The van der Waals surface area contributed by atoms with Crippen molar-refractivity contribution < 1.29 is 27.5 Å². The molecule has 0 aliphatic carbocycles. The van der Waals surface area contributed by atoms with Gasteiger partial charge in [-0.1, -0.05) is 30.3 Å². The third-order valence-corrected chi connectivity index (χ3v) is 8.36. The second-order valence-electron chi connectivity index (χ2n) is 8.67. The van der Waals surface area contributed by atoms with E-state index in [-0.39, 0.29) is 42.0 Å². The van der Waals surface area contributed by atoms with Crippen LogP contribution in [0.4, 0.5) is 5.69 Å². The van der Waals surface area contributed by atoms with Crippen molar-refractivity contribution in [1.29, 1.82) is 0 Å². The average molecular weight is 542 g/mol. The highest BCUT2D eigenvalue weighted by molar-refractivity contribution is 7.89. The van der Waals surface area contributed by atoms with Gasteiger partial charge in [-0.3, -0.25) is 9.59 Å². The van der Waals surface area contributed by atoms with E-state index >= 15 is 0 Å². The van der Waals surface area contributed by atoms with Crippen LogP contribution in [0.1, 0.15) is 16.8 Å². The number of amides is 1. The zero-order chi connectivity index (χ0) is 26.6. The van der Waals surface area contributed by atoms with Crippen LogP contribution in [0, 0.1) is 0 Å². The lowest BCUT2D eigenvalue weighted by molar-refractivity contribution is -0.126. The second kappa shape index (κ2) is 11.3. The SMILES string of the molecule is COC(=O)c1ccc(NCC(=O)CNC(=O)C2CC(S)CN2S(=O)(=O)c2ccc3ccccc3c2)cc1. The van der Waals surface area contributed by atoms with Crippen molar-refractivity contribution in [3.8, 4) is 0 Å². The van der Waals surface area contributed by atoms with Gasteiger partial charge in [-0.15, -0.1) is 0 Å². The van der Waals surface area contributed by atoms with Crippen LogP contribution in [-0.2, 0) is 24.3 Å². The molecular formula is C26H27N3O6S2. The number of rotatable bonds is 9. The Bertz CT molecular complexity index is 1430. The summed E-state index contributed by atoms with van der Waals surface area (Å²) in [7, 11) is -2.67. The van der Waals surface area contributed by atoms with E-state index in [9.17, 15) is 22.8 Å². The van der Waals surface area contributed by atoms with E-state index in [0.29, 0.717) is 11.3 Å². The van der Waals surface area contributed by atoms with E-state index in [1.165, 1.54) is 13.2 Å². The number of fused-ring (bicyclic) bond motifs is 1. The fraction of sp³-hybridized carbons (Fsp3) is 0.269. The fourth-order valence-corrected chi connectivity index (χ4v) is 6.33. The first kappa shape index (κ1) is 26.6. The molecule has 1 heterocycles. The summed E-state index contributed by atoms with van der Waals surface area (Å²) < 4.78 is 32.7.